The van der Waals surface area contributed by atoms with Crippen molar-refractivity contribution in [1.29, 1.82) is 0 Å². The van der Waals surface area contributed by atoms with Gasteiger partial charge in [-0.2, -0.15) is 0 Å². The van der Waals surface area contributed by atoms with Crippen molar-refractivity contribution in [3.05, 3.63) is 59.2 Å². The van der Waals surface area contributed by atoms with Crippen LogP contribution in [-0.2, 0) is 6.54 Å². The smallest absolute Gasteiger partial charge is 0.337 e. The molecule has 0 atom stereocenters. The van der Waals surface area contributed by atoms with E-state index >= 15 is 0 Å². The highest BCUT2D eigenvalue weighted by molar-refractivity contribution is 6.31. The minimum atomic E-state index is -1.01. The van der Waals surface area contributed by atoms with Gasteiger partial charge in [0.1, 0.15) is 0 Å². The Labute approximate surface area is 145 Å². The third-order valence-electron chi connectivity index (χ3n) is 4.01. The second kappa shape index (κ2) is 6.97. The quantitative estimate of drug-likeness (QED) is 0.618. The van der Waals surface area contributed by atoms with E-state index in [1.54, 1.807) is 12.1 Å². The number of nitrogens with one attached hydrogen (secondary N) is 1. The molecule has 0 saturated heterocycles. The number of halogens is 1. The highest BCUT2D eigenvalue weighted by Crippen LogP contribution is 2.27. The molecule has 0 aliphatic rings. The Morgan fingerprint density at radius 2 is 2.04 bits per heavy atom. The molecule has 124 valence electrons. The largest absolute Gasteiger partial charge is 0.478 e. The lowest BCUT2D eigenvalue weighted by molar-refractivity contribution is 0.0698. The number of hydrogen-bond donors (Lipinski definition) is 2. The first kappa shape index (κ1) is 16.4. The first-order valence-electron chi connectivity index (χ1n) is 7.97. The summed E-state index contributed by atoms with van der Waals surface area (Å²) in [5.41, 5.74) is 2.71. The van der Waals surface area contributed by atoms with E-state index in [4.69, 9.17) is 11.6 Å². The van der Waals surface area contributed by atoms with Crippen LogP contribution in [0.2, 0.25) is 5.02 Å². The summed E-state index contributed by atoms with van der Waals surface area (Å²) in [6, 6.07) is 12.9. The van der Waals surface area contributed by atoms with Gasteiger partial charge in [-0.05, 0) is 48.9 Å². The third kappa shape index (κ3) is 3.39. The van der Waals surface area contributed by atoms with Crippen molar-refractivity contribution in [3.8, 4) is 0 Å². The standard InChI is InChI=1S/C19H19ClN2O2/c1-2-3-9-22-10-8-13-11-15(5-7-18(13)22)21-17-6-4-14(20)12-16(17)19(23)24/h4-8,10-12,21H,2-3,9H2,1H3,(H,23,24). The summed E-state index contributed by atoms with van der Waals surface area (Å²) in [7, 11) is 0. The van der Waals surface area contributed by atoms with Gasteiger partial charge in [0.25, 0.3) is 0 Å². The number of nitrogens with zero attached hydrogens (tertiary/aromatic N) is 1. The molecule has 0 unspecified atom stereocenters. The molecule has 0 fully saturated rings. The minimum absolute atomic E-state index is 0.156. The number of fused-ring (bicyclic) bond motifs is 1. The predicted octanol–water partition coefficient (Wildman–Crippen LogP) is 5.54. The summed E-state index contributed by atoms with van der Waals surface area (Å²) in [6.45, 7) is 3.19. The summed E-state index contributed by atoms with van der Waals surface area (Å²) < 4.78 is 2.24. The van der Waals surface area contributed by atoms with Gasteiger partial charge in [0.05, 0.1) is 11.3 Å². The van der Waals surface area contributed by atoms with Crippen molar-refractivity contribution in [3.63, 3.8) is 0 Å². The van der Waals surface area contributed by atoms with Crippen molar-refractivity contribution in [2.75, 3.05) is 5.32 Å². The molecule has 4 nitrogen and oxygen atoms in total. The van der Waals surface area contributed by atoms with E-state index in [0.717, 1.165) is 30.5 Å². The zero-order chi connectivity index (χ0) is 17.1. The van der Waals surface area contributed by atoms with E-state index in [2.05, 4.69) is 35.1 Å². The second-order valence-corrected chi connectivity index (χ2v) is 6.19. The summed E-state index contributed by atoms with van der Waals surface area (Å²) in [6.07, 6.45) is 4.40. The number of unbranched alkanes of at least 4 members (excludes halogenated alkanes) is 1. The van der Waals surface area contributed by atoms with Gasteiger partial charge in [0, 0.05) is 34.4 Å². The van der Waals surface area contributed by atoms with Gasteiger partial charge in [-0.3, -0.25) is 0 Å². The molecular formula is C19H19ClN2O2. The Balaban J connectivity index is 1.90. The predicted molar refractivity (Wildman–Crippen MR) is 98.5 cm³/mol. The summed E-state index contributed by atoms with van der Waals surface area (Å²) >= 11 is 5.89. The number of benzene rings is 2. The molecule has 0 aliphatic carbocycles. The first-order chi connectivity index (χ1) is 11.6. The van der Waals surface area contributed by atoms with E-state index in [-0.39, 0.29) is 5.56 Å². The van der Waals surface area contributed by atoms with Crippen molar-refractivity contribution >= 4 is 39.8 Å². The molecule has 24 heavy (non-hydrogen) atoms. The van der Waals surface area contributed by atoms with Crippen molar-refractivity contribution in [1.82, 2.24) is 4.57 Å². The molecule has 5 heteroatoms. The molecule has 2 N–H and O–H groups in total. The van der Waals surface area contributed by atoms with Crippen LogP contribution in [0.5, 0.6) is 0 Å². The molecule has 1 heterocycles. The van der Waals surface area contributed by atoms with Crippen molar-refractivity contribution < 1.29 is 9.90 Å². The number of carboxylic acids is 1. The van der Waals surface area contributed by atoms with E-state index in [1.807, 2.05) is 12.1 Å². The van der Waals surface area contributed by atoms with Gasteiger partial charge in [0.2, 0.25) is 0 Å². The average molecular weight is 343 g/mol. The maximum absolute atomic E-state index is 11.4. The van der Waals surface area contributed by atoms with Crippen LogP contribution in [0.1, 0.15) is 30.1 Å². The van der Waals surface area contributed by atoms with Crippen molar-refractivity contribution in [2.24, 2.45) is 0 Å². The van der Waals surface area contributed by atoms with E-state index in [0.29, 0.717) is 10.7 Å². The number of anilines is 2. The Morgan fingerprint density at radius 1 is 1.21 bits per heavy atom. The average Bonchev–Trinajstić information content (AvgIpc) is 2.96. The molecule has 3 aromatic rings. The molecule has 1 aromatic heterocycles. The molecule has 0 radical (unpaired) electrons. The number of aromatic carboxylic acids is 1. The lowest BCUT2D eigenvalue weighted by Crippen LogP contribution is -2.02. The third-order valence-corrected chi connectivity index (χ3v) is 4.25. The Morgan fingerprint density at radius 3 is 2.79 bits per heavy atom. The summed E-state index contributed by atoms with van der Waals surface area (Å²) in [5, 5.41) is 14.0. The van der Waals surface area contributed by atoms with Crippen LogP contribution in [0, 0.1) is 0 Å². The molecule has 2 aromatic carbocycles. The van der Waals surface area contributed by atoms with Gasteiger partial charge in [-0.1, -0.05) is 24.9 Å². The molecule has 0 saturated carbocycles. The zero-order valence-corrected chi connectivity index (χ0v) is 14.2. The number of carboxylic acid groups (broad SMARTS) is 1. The Kier molecular flexibility index (Phi) is 4.76. The zero-order valence-electron chi connectivity index (χ0n) is 13.4. The van der Waals surface area contributed by atoms with Gasteiger partial charge in [0.15, 0.2) is 0 Å². The van der Waals surface area contributed by atoms with E-state index in [9.17, 15) is 9.90 Å². The Hall–Kier alpha value is -2.46. The molecule has 0 bridgehead atoms. The minimum Gasteiger partial charge on any atom is -0.478 e. The second-order valence-electron chi connectivity index (χ2n) is 5.76. The Bertz CT molecular complexity index is 886. The molecule has 0 amide bonds. The molecule has 3 rings (SSSR count). The van der Waals surface area contributed by atoms with Crippen LogP contribution in [0.3, 0.4) is 0 Å². The maximum atomic E-state index is 11.4. The summed E-state index contributed by atoms with van der Waals surface area (Å²) in [5.74, 6) is -1.01. The molecule has 0 spiro atoms. The van der Waals surface area contributed by atoms with Gasteiger partial charge in [-0.15, -0.1) is 0 Å². The van der Waals surface area contributed by atoms with Crippen molar-refractivity contribution in [2.45, 2.75) is 26.3 Å². The van der Waals surface area contributed by atoms with Gasteiger partial charge >= 0.3 is 5.97 Å². The van der Waals surface area contributed by atoms with E-state index < -0.39 is 5.97 Å². The van der Waals surface area contributed by atoms with Crippen LogP contribution in [0.25, 0.3) is 10.9 Å². The lowest BCUT2D eigenvalue weighted by atomic mass is 10.1. The van der Waals surface area contributed by atoms with Gasteiger partial charge in [-0.25, -0.2) is 4.79 Å². The first-order valence-corrected chi connectivity index (χ1v) is 8.35. The van der Waals surface area contributed by atoms with Crippen LogP contribution >= 0.6 is 11.6 Å². The van der Waals surface area contributed by atoms with E-state index in [1.165, 1.54) is 11.6 Å². The number of rotatable bonds is 6. The van der Waals surface area contributed by atoms with Crippen LogP contribution in [0.15, 0.2) is 48.7 Å². The van der Waals surface area contributed by atoms with Crippen LogP contribution in [-0.4, -0.2) is 15.6 Å². The van der Waals surface area contributed by atoms with Crippen LogP contribution < -0.4 is 5.32 Å². The maximum Gasteiger partial charge on any atom is 0.337 e. The number of aromatic nitrogens is 1. The molecular weight excluding hydrogens is 324 g/mol. The monoisotopic (exact) mass is 342 g/mol. The highest BCUT2D eigenvalue weighted by Gasteiger charge is 2.11. The fourth-order valence-corrected chi connectivity index (χ4v) is 2.93. The topological polar surface area (TPSA) is 54.3 Å². The number of hydrogen-bond acceptors (Lipinski definition) is 2. The fourth-order valence-electron chi connectivity index (χ4n) is 2.76. The fraction of sp³-hybridized carbons (Fsp3) is 0.211. The lowest BCUT2D eigenvalue weighted by Gasteiger charge is -2.11. The SMILES string of the molecule is CCCCn1ccc2cc(Nc3ccc(Cl)cc3C(=O)O)ccc21. The normalized spacial score (nSPS) is 10.9. The van der Waals surface area contributed by atoms with Crippen LogP contribution in [0.4, 0.5) is 11.4 Å². The highest BCUT2D eigenvalue weighted by atomic mass is 35.5. The van der Waals surface area contributed by atoms with Gasteiger partial charge < -0.3 is 15.0 Å². The number of aryl methyl sites for hydroxylation is 1. The molecule has 0 aliphatic heterocycles. The summed E-state index contributed by atoms with van der Waals surface area (Å²) in [4.78, 5) is 11.4. The number of carbonyl (C=O) groups is 1.